The maximum atomic E-state index is 12.6. The molecule has 8 heteroatoms. The minimum atomic E-state index is -0.413. The third-order valence-corrected chi connectivity index (χ3v) is 4.08. The Morgan fingerprint density at radius 2 is 2.17 bits per heavy atom. The van der Waals surface area contributed by atoms with Crippen LogP contribution in [-0.4, -0.2) is 45.9 Å². The number of fused-ring (bicyclic) bond motifs is 1. The van der Waals surface area contributed by atoms with Crippen molar-refractivity contribution in [1.29, 1.82) is 0 Å². The normalized spacial score (nSPS) is 19.3. The van der Waals surface area contributed by atoms with E-state index in [1.807, 2.05) is 24.3 Å². The molecule has 0 radical (unpaired) electrons. The van der Waals surface area contributed by atoms with Crippen LogP contribution in [0.5, 0.6) is 0 Å². The van der Waals surface area contributed by atoms with Crippen LogP contribution in [0.4, 0.5) is 0 Å². The fourth-order valence-corrected chi connectivity index (χ4v) is 3.08. The Morgan fingerprint density at radius 1 is 1.35 bits per heavy atom. The predicted molar refractivity (Wildman–Crippen MR) is 81.3 cm³/mol. The van der Waals surface area contributed by atoms with Crippen molar-refractivity contribution >= 4 is 11.7 Å². The molecule has 1 aromatic heterocycles. The van der Waals surface area contributed by atoms with Crippen LogP contribution < -0.4 is 10.6 Å². The molecular formula is C15H18N6O2. The predicted octanol–water partition coefficient (Wildman–Crippen LogP) is -0.440. The molecule has 0 bridgehead atoms. The fourth-order valence-electron chi connectivity index (χ4n) is 3.08. The van der Waals surface area contributed by atoms with Gasteiger partial charge in [-0.2, -0.15) is 5.21 Å². The Kier molecular flexibility index (Phi) is 4.42. The van der Waals surface area contributed by atoms with Crippen LogP contribution in [0.15, 0.2) is 24.3 Å². The number of Topliss-reactive ketones (excluding diaryl/α,β-unsaturated/α-hetero) is 1. The summed E-state index contributed by atoms with van der Waals surface area (Å²) in [6.45, 7) is 0.433. The van der Waals surface area contributed by atoms with E-state index < -0.39 is 11.8 Å². The molecule has 3 N–H and O–H groups in total. The molecule has 2 atom stereocenters. The van der Waals surface area contributed by atoms with Crippen LogP contribution in [0, 0.1) is 5.92 Å². The van der Waals surface area contributed by atoms with Gasteiger partial charge < -0.3 is 10.6 Å². The molecule has 1 aromatic carbocycles. The van der Waals surface area contributed by atoms with Gasteiger partial charge in [-0.15, -0.1) is 10.2 Å². The van der Waals surface area contributed by atoms with Gasteiger partial charge in [0.05, 0.1) is 24.9 Å². The van der Waals surface area contributed by atoms with E-state index in [-0.39, 0.29) is 24.8 Å². The van der Waals surface area contributed by atoms with Crippen molar-refractivity contribution in [1.82, 2.24) is 31.3 Å². The highest BCUT2D eigenvalue weighted by atomic mass is 16.2. The lowest BCUT2D eigenvalue weighted by molar-refractivity contribution is -0.130. The lowest BCUT2D eigenvalue weighted by Crippen LogP contribution is -2.37. The minimum Gasteiger partial charge on any atom is -0.348 e. The first-order valence-corrected chi connectivity index (χ1v) is 7.46. The highest BCUT2D eigenvalue weighted by molar-refractivity contribution is 5.95. The van der Waals surface area contributed by atoms with Gasteiger partial charge in [0.15, 0.2) is 11.6 Å². The molecule has 0 saturated heterocycles. The van der Waals surface area contributed by atoms with Crippen LogP contribution in [-0.2, 0) is 22.6 Å². The lowest BCUT2D eigenvalue weighted by atomic mass is 9.88. The number of hydrogen-bond donors (Lipinski definition) is 3. The number of hydrogen-bond acceptors (Lipinski definition) is 6. The number of ketones is 1. The monoisotopic (exact) mass is 314 g/mol. The minimum absolute atomic E-state index is 0.0251. The number of tetrazole rings is 1. The van der Waals surface area contributed by atoms with E-state index in [4.69, 9.17) is 0 Å². The molecule has 23 heavy (non-hydrogen) atoms. The summed E-state index contributed by atoms with van der Waals surface area (Å²) in [6, 6.07) is 7.73. The number of aromatic amines is 1. The van der Waals surface area contributed by atoms with E-state index in [1.165, 1.54) is 0 Å². The van der Waals surface area contributed by atoms with Gasteiger partial charge in [-0.25, -0.2) is 0 Å². The van der Waals surface area contributed by atoms with Crippen LogP contribution in [0.2, 0.25) is 0 Å². The summed E-state index contributed by atoms with van der Waals surface area (Å²) >= 11 is 0. The topological polar surface area (TPSA) is 113 Å². The Morgan fingerprint density at radius 3 is 2.91 bits per heavy atom. The number of nitrogens with zero attached hydrogens (tertiary/aromatic N) is 3. The summed E-state index contributed by atoms with van der Waals surface area (Å²) < 4.78 is 0. The van der Waals surface area contributed by atoms with Gasteiger partial charge in [0.1, 0.15) is 0 Å². The molecule has 8 nitrogen and oxygen atoms in total. The molecule has 0 fully saturated rings. The summed E-state index contributed by atoms with van der Waals surface area (Å²) in [5.74, 6) is -0.548. The van der Waals surface area contributed by atoms with Crippen molar-refractivity contribution in [2.45, 2.75) is 18.9 Å². The van der Waals surface area contributed by atoms with Crippen molar-refractivity contribution in [3.8, 4) is 0 Å². The Hall–Kier alpha value is -2.61. The number of amides is 1. The molecule has 120 valence electrons. The molecule has 3 rings (SSSR count). The standard InChI is InChI=1S/C15H18N6O2/c1-16-7-12(22)14-10-5-3-2-4-9(10)6-11(14)15(23)17-8-13-18-20-21-19-13/h2-5,11,14,16H,6-8H2,1H3,(H,17,23)(H,18,19,20,21)/t11-,14?/m1/s1. The number of benzene rings is 1. The lowest BCUT2D eigenvalue weighted by Gasteiger charge is -2.18. The third kappa shape index (κ3) is 3.11. The quantitative estimate of drug-likeness (QED) is 0.666. The Balaban J connectivity index is 1.77. The summed E-state index contributed by atoms with van der Waals surface area (Å²) in [4.78, 5) is 25.0. The zero-order chi connectivity index (χ0) is 16.2. The summed E-state index contributed by atoms with van der Waals surface area (Å²) in [5, 5.41) is 19.1. The highest BCUT2D eigenvalue weighted by Gasteiger charge is 2.40. The van der Waals surface area contributed by atoms with Gasteiger partial charge in [-0.1, -0.05) is 29.5 Å². The van der Waals surface area contributed by atoms with Crippen molar-refractivity contribution in [3.63, 3.8) is 0 Å². The van der Waals surface area contributed by atoms with Crippen molar-refractivity contribution in [3.05, 3.63) is 41.2 Å². The van der Waals surface area contributed by atoms with Gasteiger partial charge in [0.2, 0.25) is 5.91 Å². The van der Waals surface area contributed by atoms with Crippen LogP contribution in [0.3, 0.4) is 0 Å². The summed E-state index contributed by atoms with van der Waals surface area (Å²) in [7, 11) is 1.73. The van der Waals surface area contributed by atoms with E-state index in [0.717, 1.165) is 11.1 Å². The van der Waals surface area contributed by atoms with Gasteiger partial charge in [0.25, 0.3) is 0 Å². The van der Waals surface area contributed by atoms with E-state index in [2.05, 4.69) is 31.3 Å². The molecule has 0 spiro atoms. The first-order valence-electron chi connectivity index (χ1n) is 7.46. The van der Waals surface area contributed by atoms with Gasteiger partial charge in [-0.3, -0.25) is 9.59 Å². The second-order valence-corrected chi connectivity index (χ2v) is 5.53. The summed E-state index contributed by atoms with van der Waals surface area (Å²) in [6.07, 6.45) is 0.564. The molecule has 0 saturated carbocycles. The van der Waals surface area contributed by atoms with E-state index in [9.17, 15) is 9.59 Å². The van der Waals surface area contributed by atoms with Crippen LogP contribution in [0.1, 0.15) is 22.9 Å². The molecule has 1 aliphatic rings. The third-order valence-electron chi connectivity index (χ3n) is 4.08. The molecule has 1 aliphatic carbocycles. The number of carbonyl (C=O) groups is 2. The van der Waals surface area contributed by atoms with Crippen molar-refractivity contribution in [2.75, 3.05) is 13.6 Å². The van der Waals surface area contributed by atoms with Crippen LogP contribution >= 0.6 is 0 Å². The molecule has 0 aliphatic heterocycles. The molecular weight excluding hydrogens is 296 g/mol. The summed E-state index contributed by atoms with van der Waals surface area (Å²) in [5.41, 5.74) is 2.01. The van der Waals surface area contributed by atoms with Gasteiger partial charge in [-0.05, 0) is 24.6 Å². The van der Waals surface area contributed by atoms with E-state index in [1.54, 1.807) is 7.05 Å². The Bertz CT molecular complexity index is 700. The number of carbonyl (C=O) groups excluding carboxylic acids is 2. The van der Waals surface area contributed by atoms with Crippen LogP contribution in [0.25, 0.3) is 0 Å². The first-order chi connectivity index (χ1) is 11.2. The average Bonchev–Trinajstić information content (AvgIpc) is 3.20. The van der Waals surface area contributed by atoms with Gasteiger partial charge >= 0.3 is 0 Å². The van der Waals surface area contributed by atoms with E-state index >= 15 is 0 Å². The molecule has 1 heterocycles. The second kappa shape index (κ2) is 6.66. The maximum Gasteiger partial charge on any atom is 0.224 e. The second-order valence-electron chi connectivity index (χ2n) is 5.53. The number of aromatic nitrogens is 4. The smallest absolute Gasteiger partial charge is 0.224 e. The highest BCUT2D eigenvalue weighted by Crippen LogP contribution is 2.38. The largest absolute Gasteiger partial charge is 0.348 e. The number of rotatable bonds is 6. The number of likely N-dealkylation sites (N-methyl/N-ethyl adjacent to an activating group) is 1. The first kappa shape index (κ1) is 15.3. The van der Waals surface area contributed by atoms with E-state index in [0.29, 0.717) is 12.2 Å². The Labute approximate surface area is 133 Å². The molecule has 1 unspecified atom stereocenters. The molecule has 2 aromatic rings. The number of H-pyrrole nitrogens is 1. The van der Waals surface area contributed by atoms with Gasteiger partial charge in [0, 0.05) is 0 Å². The SMILES string of the molecule is CNCC(=O)C1c2ccccc2C[C@H]1C(=O)NCc1nn[nH]n1. The number of nitrogens with one attached hydrogen (secondary N) is 3. The zero-order valence-electron chi connectivity index (χ0n) is 12.7. The fraction of sp³-hybridized carbons (Fsp3) is 0.400. The van der Waals surface area contributed by atoms with Crippen molar-refractivity contribution in [2.24, 2.45) is 5.92 Å². The van der Waals surface area contributed by atoms with Crippen molar-refractivity contribution < 1.29 is 9.59 Å². The average molecular weight is 314 g/mol. The maximum absolute atomic E-state index is 12.6. The zero-order valence-corrected chi connectivity index (χ0v) is 12.7. The molecule has 1 amide bonds.